The van der Waals surface area contributed by atoms with Gasteiger partial charge in [0.05, 0.1) is 18.2 Å². The topological polar surface area (TPSA) is 90.9 Å². The van der Waals surface area contributed by atoms with E-state index < -0.39 is 29.8 Å². The average Bonchev–Trinajstić information content (AvgIpc) is 3.58. The van der Waals surface area contributed by atoms with Gasteiger partial charge in [0.25, 0.3) is 0 Å². The number of nitrogens with zero attached hydrogens (tertiary/aromatic N) is 1. The maximum atomic E-state index is 14.1. The fourth-order valence-electron chi connectivity index (χ4n) is 6.23. The van der Waals surface area contributed by atoms with E-state index in [1.807, 2.05) is 51.1 Å². The molecule has 6 atom stereocenters. The van der Waals surface area contributed by atoms with E-state index in [0.717, 1.165) is 18.1 Å². The van der Waals surface area contributed by atoms with Crippen LogP contribution in [0.15, 0.2) is 48.5 Å². The second-order valence-electron chi connectivity index (χ2n) is 12.0. The summed E-state index contributed by atoms with van der Waals surface area (Å²) < 4.78 is 34.0. The van der Waals surface area contributed by atoms with Crippen LogP contribution in [0, 0.1) is 23.5 Å². The molecule has 2 aromatic rings. The van der Waals surface area contributed by atoms with E-state index in [1.54, 1.807) is 4.90 Å². The van der Waals surface area contributed by atoms with Crippen LogP contribution in [0.5, 0.6) is 0 Å². The van der Waals surface area contributed by atoms with E-state index >= 15 is 0 Å². The molecule has 2 heterocycles. The van der Waals surface area contributed by atoms with Crippen molar-refractivity contribution < 1.29 is 28.2 Å². The van der Waals surface area contributed by atoms with Gasteiger partial charge in [0, 0.05) is 37.7 Å². The van der Waals surface area contributed by atoms with Crippen molar-refractivity contribution in [3.05, 3.63) is 71.3 Å². The number of likely N-dealkylation sites (tertiary alicyclic amines) is 1. The Balaban J connectivity index is 1.56. The number of ether oxygens (including phenoxy) is 1. The number of hydrogen-bond acceptors (Lipinski definition) is 5. The summed E-state index contributed by atoms with van der Waals surface area (Å²) in [7, 11) is 0. The molecular formula is C33H45F2N3O4. The largest absolute Gasteiger partial charge is 0.389 e. The lowest BCUT2D eigenvalue weighted by molar-refractivity contribution is -0.141. The normalized spacial score (nSPS) is 22.9. The molecule has 3 N–H and O–H groups in total. The van der Waals surface area contributed by atoms with E-state index in [0.29, 0.717) is 50.9 Å². The summed E-state index contributed by atoms with van der Waals surface area (Å²) in [5.74, 6) is -1.83. The molecule has 2 amide bonds. The van der Waals surface area contributed by atoms with Gasteiger partial charge in [0.15, 0.2) is 0 Å². The predicted molar refractivity (Wildman–Crippen MR) is 158 cm³/mol. The van der Waals surface area contributed by atoms with Crippen molar-refractivity contribution in [3.63, 3.8) is 0 Å². The number of rotatable bonds is 14. The van der Waals surface area contributed by atoms with Crippen LogP contribution in [-0.2, 0) is 27.2 Å². The van der Waals surface area contributed by atoms with Gasteiger partial charge in [0.2, 0.25) is 11.8 Å². The molecule has 2 unspecified atom stereocenters. The number of hydrogen-bond donors (Lipinski definition) is 3. The first-order chi connectivity index (χ1) is 20.2. The standard InChI is InChI=1S/C33H45F2N3O4/c1-4-14-42-26-19-28(36-20-26)31(39)29(17-23-15-24(34)18-25(35)16-23)37-32(40)30(11-10-22-8-6-5-7-9-22)38-13-12-27(21(2)3)33(38)41/h5-9,15-16,18,21,26-31,36,39H,4,10-14,17,19-20H2,1-3H3,(H,37,40)/t26?,27-,28-,29?,30+,31-/m1/s1. The maximum Gasteiger partial charge on any atom is 0.243 e. The molecule has 2 aliphatic rings. The van der Waals surface area contributed by atoms with Crippen molar-refractivity contribution in [1.82, 2.24) is 15.5 Å². The number of carbonyl (C=O) groups excluding carboxylic acids is 2. The lowest BCUT2D eigenvalue weighted by Gasteiger charge is -2.33. The fourth-order valence-corrected chi connectivity index (χ4v) is 6.23. The molecule has 2 aromatic carbocycles. The number of aliphatic hydroxyl groups is 1. The quantitative estimate of drug-likeness (QED) is 0.312. The Morgan fingerprint density at radius 1 is 1.14 bits per heavy atom. The van der Waals surface area contributed by atoms with Crippen LogP contribution in [-0.4, -0.2) is 71.9 Å². The van der Waals surface area contributed by atoms with Crippen LogP contribution in [0.1, 0.15) is 57.6 Å². The Morgan fingerprint density at radius 3 is 2.50 bits per heavy atom. The Bertz CT molecular complexity index is 1160. The Morgan fingerprint density at radius 2 is 1.86 bits per heavy atom. The molecule has 2 aliphatic heterocycles. The minimum atomic E-state index is -1.05. The van der Waals surface area contributed by atoms with E-state index in [4.69, 9.17) is 4.74 Å². The van der Waals surface area contributed by atoms with Crippen LogP contribution in [0.4, 0.5) is 8.78 Å². The van der Waals surface area contributed by atoms with Crippen molar-refractivity contribution in [2.75, 3.05) is 19.7 Å². The summed E-state index contributed by atoms with van der Waals surface area (Å²) in [5.41, 5.74) is 1.38. The van der Waals surface area contributed by atoms with Crippen molar-refractivity contribution in [1.29, 1.82) is 0 Å². The van der Waals surface area contributed by atoms with Crippen molar-refractivity contribution in [3.8, 4) is 0 Å². The van der Waals surface area contributed by atoms with Crippen LogP contribution >= 0.6 is 0 Å². The molecule has 2 saturated heterocycles. The molecule has 0 spiro atoms. The van der Waals surface area contributed by atoms with E-state index in [2.05, 4.69) is 10.6 Å². The number of nitrogens with one attached hydrogen (secondary N) is 2. The SMILES string of the molecule is CCCOC1CN[C@@H]([C@@H](O)C(Cc2cc(F)cc(F)c2)NC(=O)[C@H](CCc2ccccc2)N2CC[C@H](C(C)C)C2=O)C1. The van der Waals surface area contributed by atoms with E-state index in [9.17, 15) is 23.5 Å². The molecule has 42 heavy (non-hydrogen) atoms. The lowest BCUT2D eigenvalue weighted by Crippen LogP contribution is -2.57. The Kier molecular flexibility index (Phi) is 11.5. The van der Waals surface area contributed by atoms with Gasteiger partial charge in [-0.05, 0) is 67.7 Å². The molecule has 0 bridgehead atoms. The van der Waals surface area contributed by atoms with E-state index in [1.165, 1.54) is 12.1 Å². The Hall–Kier alpha value is -2.88. The summed E-state index contributed by atoms with van der Waals surface area (Å²) in [6, 6.07) is 11.1. The number of amides is 2. The van der Waals surface area contributed by atoms with Gasteiger partial charge in [-0.15, -0.1) is 0 Å². The average molecular weight is 586 g/mol. The van der Waals surface area contributed by atoms with Crippen LogP contribution in [0.3, 0.4) is 0 Å². The van der Waals surface area contributed by atoms with Crippen LogP contribution < -0.4 is 10.6 Å². The smallest absolute Gasteiger partial charge is 0.243 e. The number of aryl methyl sites for hydroxylation is 1. The molecule has 0 aromatic heterocycles. The second kappa shape index (κ2) is 15.0. The molecule has 7 nitrogen and oxygen atoms in total. The lowest BCUT2D eigenvalue weighted by atomic mass is 9.93. The molecule has 4 rings (SSSR count). The third kappa shape index (κ3) is 8.36. The van der Waals surface area contributed by atoms with Crippen LogP contribution in [0.2, 0.25) is 0 Å². The molecular weight excluding hydrogens is 540 g/mol. The molecule has 0 radical (unpaired) electrons. The van der Waals surface area contributed by atoms with Crippen molar-refractivity contribution >= 4 is 11.8 Å². The number of benzene rings is 2. The highest BCUT2D eigenvalue weighted by Crippen LogP contribution is 2.29. The van der Waals surface area contributed by atoms with Crippen molar-refractivity contribution in [2.45, 2.75) is 89.6 Å². The highest BCUT2D eigenvalue weighted by molar-refractivity contribution is 5.90. The zero-order valence-corrected chi connectivity index (χ0v) is 24.9. The third-order valence-electron chi connectivity index (χ3n) is 8.53. The number of carbonyl (C=O) groups is 2. The number of halogens is 2. The molecule has 230 valence electrons. The summed E-state index contributed by atoms with van der Waals surface area (Å²) in [4.78, 5) is 29.1. The van der Waals surface area contributed by atoms with Gasteiger partial charge in [-0.3, -0.25) is 9.59 Å². The zero-order chi connectivity index (χ0) is 30.2. The predicted octanol–water partition coefficient (Wildman–Crippen LogP) is 4.02. The molecule has 9 heteroatoms. The number of aliphatic hydroxyl groups excluding tert-OH is 1. The maximum absolute atomic E-state index is 14.1. The highest BCUT2D eigenvalue weighted by Gasteiger charge is 2.41. The fraction of sp³-hybridized carbons (Fsp3) is 0.576. The summed E-state index contributed by atoms with van der Waals surface area (Å²) in [6.07, 6.45) is 2.02. The zero-order valence-electron chi connectivity index (χ0n) is 24.9. The van der Waals surface area contributed by atoms with E-state index in [-0.39, 0.29) is 42.2 Å². The molecule has 0 saturated carbocycles. The van der Waals surface area contributed by atoms with Gasteiger partial charge in [-0.1, -0.05) is 51.1 Å². The summed E-state index contributed by atoms with van der Waals surface area (Å²) in [6.45, 7) is 7.72. The molecule has 2 fully saturated rings. The van der Waals surface area contributed by atoms with Crippen LogP contribution in [0.25, 0.3) is 0 Å². The van der Waals surface area contributed by atoms with Gasteiger partial charge in [0.1, 0.15) is 17.7 Å². The van der Waals surface area contributed by atoms with Gasteiger partial charge >= 0.3 is 0 Å². The third-order valence-corrected chi connectivity index (χ3v) is 8.53. The summed E-state index contributed by atoms with van der Waals surface area (Å²) >= 11 is 0. The van der Waals surface area contributed by atoms with Gasteiger partial charge in [-0.25, -0.2) is 8.78 Å². The second-order valence-corrected chi connectivity index (χ2v) is 12.0. The first-order valence-corrected chi connectivity index (χ1v) is 15.3. The first kappa shape index (κ1) is 32.0. The highest BCUT2D eigenvalue weighted by atomic mass is 19.1. The van der Waals surface area contributed by atoms with Gasteiger partial charge < -0.3 is 25.4 Å². The monoisotopic (exact) mass is 585 g/mol. The van der Waals surface area contributed by atoms with Crippen molar-refractivity contribution in [2.24, 2.45) is 11.8 Å². The Labute approximate surface area is 248 Å². The molecule has 0 aliphatic carbocycles. The minimum absolute atomic E-state index is 0.0220. The minimum Gasteiger partial charge on any atom is -0.389 e. The summed E-state index contributed by atoms with van der Waals surface area (Å²) in [5, 5.41) is 17.8. The van der Waals surface area contributed by atoms with Gasteiger partial charge in [-0.2, -0.15) is 0 Å². The first-order valence-electron chi connectivity index (χ1n) is 15.3.